The van der Waals surface area contributed by atoms with Crippen LogP contribution in [0.2, 0.25) is 0 Å². The predicted octanol–water partition coefficient (Wildman–Crippen LogP) is 5.20. The van der Waals surface area contributed by atoms with Gasteiger partial charge in [-0.15, -0.1) is 0 Å². The van der Waals surface area contributed by atoms with Crippen LogP contribution in [0.5, 0.6) is 5.75 Å². The maximum absolute atomic E-state index is 13.4. The van der Waals surface area contributed by atoms with E-state index in [-0.39, 0.29) is 17.4 Å². The molecular formula is C24H18F2N2O2. The third-order valence-corrected chi connectivity index (χ3v) is 4.54. The van der Waals surface area contributed by atoms with E-state index in [9.17, 15) is 13.6 Å². The molecule has 3 aromatic rings. The number of carbonyl (C=O) groups is 1. The summed E-state index contributed by atoms with van der Waals surface area (Å²) in [6.07, 6.45) is 1.67. The van der Waals surface area contributed by atoms with Crippen LogP contribution in [0.1, 0.15) is 18.1 Å². The molecule has 0 radical (unpaired) electrons. The molecule has 0 N–H and O–H groups in total. The third-order valence-electron chi connectivity index (χ3n) is 4.54. The van der Waals surface area contributed by atoms with Gasteiger partial charge in [0.15, 0.2) is 0 Å². The molecule has 0 saturated heterocycles. The SMILES string of the molecule is CCOc1ccc(/C=C2/N=C(c3ccc(F)cc3)N(c3ccc(F)cc3)C2=O)cc1. The Morgan fingerprint density at radius 3 is 2.10 bits per heavy atom. The zero-order chi connectivity index (χ0) is 21.1. The number of carbonyl (C=O) groups excluding carboxylic acids is 1. The predicted molar refractivity (Wildman–Crippen MR) is 112 cm³/mol. The summed E-state index contributed by atoms with van der Waals surface area (Å²) < 4.78 is 32.2. The second-order valence-corrected chi connectivity index (χ2v) is 6.59. The fraction of sp³-hybridized carbons (Fsp3) is 0.0833. The monoisotopic (exact) mass is 404 g/mol. The molecule has 4 nitrogen and oxygen atoms in total. The van der Waals surface area contributed by atoms with Crippen molar-refractivity contribution >= 4 is 23.5 Å². The number of aliphatic imine (C=N–C) groups is 1. The second kappa shape index (κ2) is 8.29. The highest BCUT2D eigenvalue weighted by molar-refractivity contribution is 6.33. The quantitative estimate of drug-likeness (QED) is 0.549. The van der Waals surface area contributed by atoms with Crippen LogP contribution in [0.15, 0.2) is 83.5 Å². The van der Waals surface area contributed by atoms with Crippen LogP contribution in [0.25, 0.3) is 6.08 Å². The molecule has 150 valence electrons. The topological polar surface area (TPSA) is 41.9 Å². The molecule has 6 heteroatoms. The average Bonchev–Trinajstić information content (AvgIpc) is 3.07. The lowest BCUT2D eigenvalue weighted by Crippen LogP contribution is -2.32. The molecule has 1 amide bonds. The number of amidine groups is 1. The molecule has 0 aliphatic carbocycles. The maximum Gasteiger partial charge on any atom is 0.282 e. The zero-order valence-corrected chi connectivity index (χ0v) is 16.2. The van der Waals surface area contributed by atoms with Crippen LogP contribution < -0.4 is 9.64 Å². The first kappa shape index (κ1) is 19.5. The lowest BCUT2D eigenvalue weighted by Gasteiger charge is -2.18. The van der Waals surface area contributed by atoms with Crippen LogP contribution in [0, 0.1) is 11.6 Å². The van der Waals surface area contributed by atoms with E-state index in [1.165, 1.54) is 41.3 Å². The fourth-order valence-electron chi connectivity index (χ4n) is 3.12. The largest absolute Gasteiger partial charge is 0.494 e. The summed E-state index contributed by atoms with van der Waals surface area (Å²) in [4.78, 5) is 19.1. The van der Waals surface area contributed by atoms with Gasteiger partial charge < -0.3 is 4.74 Å². The Labute approximate surface area is 172 Å². The maximum atomic E-state index is 13.4. The number of rotatable bonds is 5. The van der Waals surface area contributed by atoms with Gasteiger partial charge in [-0.2, -0.15) is 0 Å². The van der Waals surface area contributed by atoms with Crippen LogP contribution in [-0.2, 0) is 4.79 Å². The molecule has 0 unspecified atom stereocenters. The number of amides is 1. The minimum Gasteiger partial charge on any atom is -0.494 e. The molecule has 1 heterocycles. The standard InChI is InChI=1S/C24H18F2N2O2/c1-2-30-21-13-3-16(4-14-21)15-22-24(29)28(20-11-9-19(26)10-12-20)23(27-22)17-5-7-18(25)8-6-17/h3-15H,2H2,1H3/b22-15+. The molecule has 0 spiro atoms. The summed E-state index contributed by atoms with van der Waals surface area (Å²) in [6, 6.07) is 18.6. The molecule has 4 rings (SSSR count). The summed E-state index contributed by atoms with van der Waals surface area (Å²) in [7, 11) is 0. The van der Waals surface area contributed by atoms with Crippen molar-refractivity contribution in [2.45, 2.75) is 6.92 Å². The van der Waals surface area contributed by atoms with Crippen molar-refractivity contribution in [3.8, 4) is 5.75 Å². The molecule has 1 aliphatic rings. The lowest BCUT2D eigenvalue weighted by molar-refractivity contribution is -0.113. The minimum atomic E-state index is -0.407. The van der Waals surface area contributed by atoms with Gasteiger partial charge in [-0.25, -0.2) is 13.8 Å². The Balaban J connectivity index is 1.75. The van der Waals surface area contributed by atoms with Gasteiger partial charge in [-0.1, -0.05) is 12.1 Å². The molecule has 0 aromatic heterocycles. The van der Waals surface area contributed by atoms with Crippen LogP contribution >= 0.6 is 0 Å². The van der Waals surface area contributed by atoms with Crippen molar-refractivity contribution in [2.75, 3.05) is 11.5 Å². The van der Waals surface area contributed by atoms with E-state index in [0.717, 1.165) is 11.3 Å². The number of benzene rings is 3. The molecule has 30 heavy (non-hydrogen) atoms. The highest BCUT2D eigenvalue weighted by Crippen LogP contribution is 2.28. The first-order valence-electron chi connectivity index (χ1n) is 9.44. The van der Waals surface area contributed by atoms with Crippen molar-refractivity contribution in [1.29, 1.82) is 0 Å². The van der Waals surface area contributed by atoms with Crippen LogP contribution in [-0.4, -0.2) is 18.3 Å². The average molecular weight is 404 g/mol. The van der Waals surface area contributed by atoms with E-state index in [2.05, 4.69) is 4.99 Å². The molecule has 0 bridgehead atoms. The third kappa shape index (κ3) is 3.98. The number of anilines is 1. The van der Waals surface area contributed by atoms with Crippen LogP contribution in [0.4, 0.5) is 14.5 Å². The van der Waals surface area contributed by atoms with Gasteiger partial charge >= 0.3 is 0 Å². The van der Waals surface area contributed by atoms with E-state index < -0.39 is 5.82 Å². The molecule has 0 fully saturated rings. The molecular weight excluding hydrogens is 386 g/mol. The summed E-state index contributed by atoms with van der Waals surface area (Å²) >= 11 is 0. The molecule has 0 saturated carbocycles. The highest BCUT2D eigenvalue weighted by Gasteiger charge is 2.32. The van der Waals surface area contributed by atoms with Crippen molar-refractivity contribution < 1.29 is 18.3 Å². The summed E-state index contributed by atoms with van der Waals surface area (Å²) in [6.45, 7) is 2.47. The van der Waals surface area contributed by atoms with Gasteiger partial charge in [0, 0.05) is 5.56 Å². The Morgan fingerprint density at radius 1 is 0.900 bits per heavy atom. The number of halogens is 2. The van der Waals surface area contributed by atoms with Gasteiger partial charge in [0.25, 0.3) is 5.91 Å². The molecule has 0 atom stereocenters. The normalized spacial score (nSPS) is 14.9. The number of hydrogen-bond donors (Lipinski definition) is 0. The number of hydrogen-bond acceptors (Lipinski definition) is 3. The smallest absolute Gasteiger partial charge is 0.282 e. The Morgan fingerprint density at radius 2 is 1.50 bits per heavy atom. The van der Waals surface area contributed by atoms with Crippen molar-refractivity contribution in [3.05, 3.63) is 101 Å². The van der Waals surface area contributed by atoms with E-state index in [1.807, 2.05) is 31.2 Å². The van der Waals surface area contributed by atoms with Crippen molar-refractivity contribution in [3.63, 3.8) is 0 Å². The Kier molecular flexibility index (Phi) is 5.39. The molecule has 3 aromatic carbocycles. The van der Waals surface area contributed by atoms with Gasteiger partial charge in [0.1, 0.15) is 28.9 Å². The van der Waals surface area contributed by atoms with Gasteiger partial charge in [-0.05, 0) is 79.2 Å². The lowest BCUT2D eigenvalue weighted by atomic mass is 10.1. The fourth-order valence-corrected chi connectivity index (χ4v) is 3.12. The van der Waals surface area contributed by atoms with Gasteiger partial charge in [0.05, 0.1) is 12.3 Å². The van der Waals surface area contributed by atoms with Crippen molar-refractivity contribution in [1.82, 2.24) is 0 Å². The summed E-state index contributed by atoms with van der Waals surface area (Å²) in [5, 5.41) is 0. The first-order valence-corrected chi connectivity index (χ1v) is 9.44. The number of nitrogens with zero attached hydrogens (tertiary/aromatic N) is 2. The zero-order valence-electron chi connectivity index (χ0n) is 16.2. The molecule has 1 aliphatic heterocycles. The second-order valence-electron chi connectivity index (χ2n) is 6.59. The minimum absolute atomic E-state index is 0.225. The van der Waals surface area contributed by atoms with Gasteiger partial charge in [0.2, 0.25) is 0 Å². The van der Waals surface area contributed by atoms with E-state index in [4.69, 9.17) is 4.74 Å². The Bertz CT molecular complexity index is 1120. The summed E-state index contributed by atoms with van der Waals surface area (Å²) in [5.74, 6) is -0.0579. The first-order chi connectivity index (χ1) is 14.5. The summed E-state index contributed by atoms with van der Waals surface area (Å²) in [5.41, 5.74) is 2.05. The van der Waals surface area contributed by atoms with E-state index in [0.29, 0.717) is 23.7 Å². The number of ether oxygens (including phenoxy) is 1. The Hall–Kier alpha value is -3.80. The van der Waals surface area contributed by atoms with Crippen LogP contribution in [0.3, 0.4) is 0 Å². The van der Waals surface area contributed by atoms with Crippen molar-refractivity contribution in [2.24, 2.45) is 4.99 Å². The van der Waals surface area contributed by atoms with Gasteiger partial charge in [-0.3, -0.25) is 9.69 Å². The van der Waals surface area contributed by atoms with E-state index in [1.54, 1.807) is 18.2 Å². The highest BCUT2D eigenvalue weighted by atomic mass is 19.1. The van der Waals surface area contributed by atoms with E-state index >= 15 is 0 Å².